The molecule has 5 heteroatoms. The van der Waals surface area contributed by atoms with Crippen LogP contribution in [0, 0.1) is 13.8 Å². The van der Waals surface area contributed by atoms with Gasteiger partial charge < -0.3 is 14.2 Å². The minimum atomic E-state index is -0.721. The van der Waals surface area contributed by atoms with Gasteiger partial charge in [0.05, 0.1) is 6.08 Å². The van der Waals surface area contributed by atoms with Crippen LogP contribution in [0.15, 0.2) is 30.0 Å². The van der Waals surface area contributed by atoms with Gasteiger partial charge in [0.15, 0.2) is 0 Å². The van der Waals surface area contributed by atoms with Gasteiger partial charge in [0, 0.05) is 0 Å². The Labute approximate surface area is 150 Å². The minimum Gasteiger partial charge on any atom is -0.457 e. The molecule has 25 heavy (non-hydrogen) atoms. The van der Waals surface area contributed by atoms with Gasteiger partial charge in [-0.25, -0.2) is 9.59 Å². The summed E-state index contributed by atoms with van der Waals surface area (Å²) in [5.74, 6) is -1.08. The number of carbonyl (C=O) groups excluding carboxylic acids is 2. The third kappa shape index (κ3) is 7.42. The molecule has 1 rings (SSSR count). The minimum absolute atomic E-state index is 0.207. The van der Waals surface area contributed by atoms with Crippen LogP contribution in [-0.2, 0) is 19.1 Å². The van der Waals surface area contributed by atoms with Gasteiger partial charge in [-0.3, -0.25) is 0 Å². The molecule has 5 nitrogen and oxygen atoms in total. The molecule has 0 unspecified atom stereocenters. The molecule has 138 valence electrons. The van der Waals surface area contributed by atoms with Gasteiger partial charge in [0.1, 0.15) is 17.0 Å². The van der Waals surface area contributed by atoms with E-state index >= 15 is 0 Å². The zero-order chi connectivity index (χ0) is 19.4. The molecule has 0 atom stereocenters. The topological polar surface area (TPSA) is 61.8 Å². The van der Waals surface area contributed by atoms with Crippen LogP contribution < -0.4 is 4.74 Å². The van der Waals surface area contributed by atoms with Crippen LogP contribution in [0.3, 0.4) is 0 Å². The summed E-state index contributed by atoms with van der Waals surface area (Å²) < 4.78 is 16.3. The first-order chi connectivity index (χ1) is 11.3. The predicted molar refractivity (Wildman–Crippen MR) is 96.3 cm³/mol. The Hall–Kier alpha value is -2.30. The highest BCUT2D eigenvalue weighted by Gasteiger charge is 2.25. The number of rotatable bonds is 4. The summed E-state index contributed by atoms with van der Waals surface area (Å²) in [6.45, 7) is 14.2. The standard InChI is InChI=1S/C20H28O5/c1-13-10-9-11-14(2)17(13)23-15(18(22)25-20(6,7)8)12-16(21)24-19(3,4)5/h9-12H,1-8H3. The number of hydrogen-bond acceptors (Lipinski definition) is 5. The van der Waals surface area contributed by atoms with Crippen molar-refractivity contribution in [3.8, 4) is 5.75 Å². The molecule has 1 aromatic carbocycles. The maximum Gasteiger partial charge on any atom is 0.375 e. The van der Waals surface area contributed by atoms with Crippen LogP contribution in [-0.4, -0.2) is 23.1 Å². The van der Waals surface area contributed by atoms with Gasteiger partial charge in [0.2, 0.25) is 5.76 Å². The van der Waals surface area contributed by atoms with Crippen LogP contribution >= 0.6 is 0 Å². The van der Waals surface area contributed by atoms with Gasteiger partial charge in [0.25, 0.3) is 0 Å². The zero-order valence-corrected chi connectivity index (χ0v) is 16.4. The quantitative estimate of drug-likeness (QED) is 0.462. The van der Waals surface area contributed by atoms with E-state index in [0.717, 1.165) is 17.2 Å². The third-order valence-electron chi connectivity index (χ3n) is 2.88. The molecular weight excluding hydrogens is 320 g/mol. The zero-order valence-electron chi connectivity index (χ0n) is 16.4. The van der Waals surface area contributed by atoms with Crippen molar-refractivity contribution >= 4 is 11.9 Å². The number of esters is 2. The average molecular weight is 348 g/mol. The van der Waals surface area contributed by atoms with Crippen molar-refractivity contribution in [2.45, 2.75) is 66.6 Å². The lowest BCUT2D eigenvalue weighted by Gasteiger charge is -2.22. The number of aryl methyl sites for hydroxylation is 2. The molecule has 0 N–H and O–H groups in total. The molecule has 0 saturated carbocycles. The van der Waals surface area contributed by atoms with Crippen molar-refractivity contribution in [1.82, 2.24) is 0 Å². The largest absolute Gasteiger partial charge is 0.457 e. The van der Waals surface area contributed by atoms with E-state index in [-0.39, 0.29) is 5.76 Å². The Kier molecular flexibility index (Phi) is 6.41. The number of ether oxygens (including phenoxy) is 3. The third-order valence-corrected chi connectivity index (χ3v) is 2.88. The summed E-state index contributed by atoms with van der Waals surface area (Å²) in [6.07, 6.45) is 1.03. The Morgan fingerprint density at radius 1 is 0.880 bits per heavy atom. The molecule has 0 aromatic heterocycles. The van der Waals surface area contributed by atoms with Crippen LogP contribution in [0.2, 0.25) is 0 Å². The van der Waals surface area contributed by atoms with E-state index in [4.69, 9.17) is 14.2 Å². The van der Waals surface area contributed by atoms with Crippen LogP contribution in [0.5, 0.6) is 5.75 Å². The van der Waals surface area contributed by atoms with Gasteiger partial charge in [-0.05, 0) is 66.5 Å². The van der Waals surface area contributed by atoms with Gasteiger partial charge in [-0.15, -0.1) is 0 Å². The lowest BCUT2D eigenvalue weighted by atomic mass is 10.1. The molecule has 0 bridgehead atoms. The summed E-state index contributed by atoms with van der Waals surface area (Å²) in [4.78, 5) is 24.6. The van der Waals surface area contributed by atoms with E-state index in [0.29, 0.717) is 5.75 Å². The molecule has 0 amide bonds. The van der Waals surface area contributed by atoms with E-state index in [2.05, 4.69) is 0 Å². The lowest BCUT2D eigenvalue weighted by Crippen LogP contribution is -2.28. The van der Waals surface area contributed by atoms with E-state index in [9.17, 15) is 9.59 Å². The smallest absolute Gasteiger partial charge is 0.375 e. The molecule has 0 aliphatic heterocycles. The molecule has 0 radical (unpaired) electrons. The molecule has 0 aliphatic carbocycles. The first-order valence-electron chi connectivity index (χ1n) is 8.20. The summed E-state index contributed by atoms with van der Waals surface area (Å²) >= 11 is 0. The predicted octanol–water partition coefficient (Wildman–Crippen LogP) is 4.25. The molecular formula is C20H28O5. The fourth-order valence-electron chi connectivity index (χ4n) is 1.97. The first kappa shape index (κ1) is 20.7. The monoisotopic (exact) mass is 348 g/mol. The number of benzene rings is 1. The fraction of sp³-hybridized carbons (Fsp3) is 0.500. The normalized spacial score (nSPS) is 12.6. The van der Waals surface area contributed by atoms with Crippen LogP contribution in [0.4, 0.5) is 0 Å². The van der Waals surface area contributed by atoms with Crippen molar-refractivity contribution in [2.24, 2.45) is 0 Å². The maximum absolute atomic E-state index is 12.5. The van der Waals surface area contributed by atoms with Crippen molar-refractivity contribution in [3.05, 3.63) is 41.2 Å². The number of carbonyl (C=O) groups is 2. The molecule has 0 spiro atoms. The Bertz CT molecular complexity index is 652. The lowest BCUT2D eigenvalue weighted by molar-refractivity contribution is -0.154. The Morgan fingerprint density at radius 2 is 1.36 bits per heavy atom. The van der Waals surface area contributed by atoms with Crippen molar-refractivity contribution in [2.75, 3.05) is 0 Å². The maximum atomic E-state index is 12.5. The SMILES string of the molecule is Cc1cccc(C)c1OC(=CC(=O)OC(C)(C)C)C(=O)OC(C)(C)C. The van der Waals surface area contributed by atoms with E-state index in [1.165, 1.54) is 0 Å². The number of para-hydroxylation sites is 1. The molecule has 0 aliphatic rings. The Morgan fingerprint density at radius 3 is 1.80 bits per heavy atom. The highest BCUT2D eigenvalue weighted by molar-refractivity contribution is 5.95. The molecule has 0 heterocycles. The van der Waals surface area contributed by atoms with Gasteiger partial charge in [-0.2, -0.15) is 0 Å². The second kappa shape index (κ2) is 7.72. The average Bonchev–Trinajstić information content (AvgIpc) is 2.37. The van der Waals surface area contributed by atoms with E-state index in [1.807, 2.05) is 32.0 Å². The summed E-state index contributed by atoms with van der Waals surface area (Å²) in [5, 5.41) is 0. The summed E-state index contributed by atoms with van der Waals surface area (Å²) in [7, 11) is 0. The van der Waals surface area contributed by atoms with Gasteiger partial charge in [-0.1, -0.05) is 18.2 Å². The molecule has 0 fully saturated rings. The van der Waals surface area contributed by atoms with Crippen LogP contribution in [0.1, 0.15) is 52.7 Å². The molecule has 1 aromatic rings. The van der Waals surface area contributed by atoms with E-state index in [1.54, 1.807) is 41.5 Å². The molecule has 0 saturated heterocycles. The van der Waals surface area contributed by atoms with Crippen LogP contribution in [0.25, 0.3) is 0 Å². The van der Waals surface area contributed by atoms with Crippen molar-refractivity contribution in [3.63, 3.8) is 0 Å². The Balaban J connectivity index is 3.19. The second-order valence-corrected chi connectivity index (χ2v) is 7.87. The second-order valence-electron chi connectivity index (χ2n) is 7.87. The van der Waals surface area contributed by atoms with Gasteiger partial charge >= 0.3 is 11.9 Å². The summed E-state index contributed by atoms with van der Waals surface area (Å²) in [6, 6.07) is 5.62. The van der Waals surface area contributed by atoms with Crippen molar-refractivity contribution < 1.29 is 23.8 Å². The summed E-state index contributed by atoms with van der Waals surface area (Å²) in [5.41, 5.74) is 0.303. The fourth-order valence-corrected chi connectivity index (χ4v) is 1.97. The highest BCUT2D eigenvalue weighted by atomic mass is 16.6. The van der Waals surface area contributed by atoms with Crippen molar-refractivity contribution in [1.29, 1.82) is 0 Å². The highest BCUT2D eigenvalue weighted by Crippen LogP contribution is 2.25. The van der Waals surface area contributed by atoms with E-state index < -0.39 is 23.1 Å². The number of hydrogen-bond donors (Lipinski definition) is 0. The first-order valence-corrected chi connectivity index (χ1v) is 8.20.